The van der Waals surface area contributed by atoms with E-state index in [4.69, 9.17) is 28.8 Å². The predicted octanol–water partition coefficient (Wildman–Crippen LogP) is 3.79. The highest BCUT2D eigenvalue weighted by atomic mass is 16.5. The lowest BCUT2D eigenvalue weighted by atomic mass is 10.1. The summed E-state index contributed by atoms with van der Waals surface area (Å²) in [6.45, 7) is 5.69. The number of hydrogen-bond acceptors (Lipinski definition) is 10. The minimum absolute atomic E-state index is 0.00988. The molecule has 0 unspecified atom stereocenters. The van der Waals surface area contributed by atoms with Gasteiger partial charge in [-0.2, -0.15) is 0 Å². The molecule has 2 amide bonds. The molecule has 1 atom stereocenters. The van der Waals surface area contributed by atoms with E-state index < -0.39 is 18.0 Å². The van der Waals surface area contributed by atoms with E-state index in [2.05, 4.69) is 10.6 Å². The van der Waals surface area contributed by atoms with E-state index in [1.54, 1.807) is 12.1 Å². The number of carbonyl (C=O) groups excluding carboxylic acids is 3. The van der Waals surface area contributed by atoms with Crippen molar-refractivity contribution < 1.29 is 57.9 Å². The zero-order chi connectivity index (χ0) is 36.0. The molecule has 0 aliphatic heterocycles. The van der Waals surface area contributed by atoms with Gasteiger partial charge in [-0.25, -0.2) is 9.59 Å². The Morgan fingerprint density at radius 1 is 0.653 bits per heavy atom. The first-order chi connectivity index (χ1) is 23.7. The number of nitrogens with one attached hydrogen (secondary N) is 2. The average Bonchev–Trinajstić information content (AvgIpc) is 3.08. The number of carboxylic acid groups (broad SMARTS) is 2. The molecule has 1 aromatic rings. The minimum Gasteiger partial charge on any atom is -0.494 e. The zero-order valence-electron chi connectivity index (χ0n) is 28.9. The van der Waals surface area contributed by atoms with Gasteiger partial charge in [0.05, 0.1) is 45.2 Å². The molecule has 0 aliphatic rings. The summed E-state index contributed by atoms with van der Waals surface area (Å²) < 4.78 is 26.8. The molecule has 0 saturated heterocycles. The van der Waals surface area contributed by atoms with E-state index in [0.29, 0.717) is 58.0 Å². The quantitative estimate of drug-likeness (QED) is 0.0778. The number of aliphatic carboxylic acids is 1. The summed E-state index contributed by atoms with van der Waals surface area (Å²) >= 11 is 0. The number of carboxylic acids is 2. The van der Waals surface area contributed by atoms with E-state index >= 15 is 0 Å². The summed E-state index contributed by atoms with van der Waals surface area (Å²) in [7, 11) is 0. The number of aromatic carboxylic acids is 1. The summed E-state index contributed by atoms with van der Waals surface area (Å²) in [4.78, 5) is 58.6. The molecular weight excluding hydrogens is 640 g/mol. The second-order valence-electron chi connectivity index (χ2n) is 11.4. The molecule has 0 heterocycles. The first-order valence-electron chi connectivity index (χ1n) is 17.3. The monoisotopic (exact) mass is 696 g/mol. The van der Waals surface area contributed by atoms with Crippen molar-refractivity contribution in [2.75, 3.05) is 66.0 Å². The molecule has 0 saturated carbocycles. The van der Waals surface area contributed by atoms with Gasteiger partial charge in [0.15, 0.2) is 5.78 Å². The molecule has 0 bridgehead atoms. The molecule has 0 aromatic heterocycles. The number of hydrogen-bond donors (Lipinski definition) is 4. The third kappa shape index (κ3) is 25.1. The van der Waals surface area contributed by atoms with Gasteiger partial charge in [-0.3, -0.25) is 14.4 Å². The number of rotatable bonds is 33. The van der Waals surface area contributed by atoms with Crippen molar-refractivity contribution >= 4 is 29.5 Å². The summed E-state index contributed by atoms with van der Waals surface area (Å²) in [6, 6.07) is 5.18. The van der Waals surface area contributed by atoms with Crippen LogP contribution in [-0.2, 0) is 38.1 Å². The Kier molecular flexibility index (Phi) is 26.0. The van der Waals surface area contributed by atoms with Gasteiger partial charge in [-0.1, -0.05) is 32.1 Å². The third-order valence-electron chi connectivity index (χ3n) is 7.24. The highest BCUT2D eigenvalue weighted by molar-refractivity contribution is 5.87. The van der Waals surface area contributed by atoms with Gasteiger partial charge < -0.3 is 44.5 Å². The Morgan fingerprint density at radius 2 is 1.29 bits per heavy atom. The lowest BCUT2D eigenvalue weighted by Crippen LogP contribution is -2.41. The molecule has 0 fully saturated rings. The molecule has 4 N–H and O–H groups in total. The van der Waals surface area contributed by atoms with Crippen LogP contribution in [-0.4, -0.2) is 112 Å². The Labute approximate surface area is 289 Å². The van der Waals surface area contributed by atoms with Gasteiger partial charge in [-0.05, 0) is 56.9 Å². The Morgan fingerprint density at radius 3 is 1.96 bits per heavy atom. The van der Waals surface area contributed by atoms with Crippen molar-refractivity contribution in [3.63, 3.8) is 0 Å². The van der Waals surface area contributed by atoms with Gasteiger partial charge in [0.1, 0.15) is 18.4 Å². The molecule has 0 radical (unpaired) electrons. The Balaban J connectivity index is 1.98. The first kappa shape index (κ1) is 43.4. The summed E-state index contributed by atoms with van der Waals surface area (Å²) in [5.41, 5.74) is 0.222. The van der Waals surface area contributed by atoms with Gasteiger partial charge >= 0.3 is 11.9 Å². The highest BCUT2D eigenvalue weighted by Crippen LogP contribution is 2.14. The summed E-state index contributed by atoms with van der Waals surface area (Å²) in [6.07, 6.45) is 7.59. The van der Waals surface area contributed by atoms with Crippen molar-refractivity contribution in [1.29, 1.82) is 0 Å². The number of ketones is 1. The Hall–Kier alpha value is -3.59. The van der Waals surface area contributed by atoms with Crippen molar-refractivity contribution in [1.82, 2.24) is 10.6 Å². The largest absolute Gasteiger partial charge is 0.494 e. The highest BCUT2D eigenvalue weighted by Gasteiger charge is 2.20. The predicted molar refractivity (Wildman–Crippen MR) is 181 cm³/mol. The fraction of sp³-hybridized carbons (Fsp3) is 0.686. The molecule has 1 rings (SSSR count). The molecule has 14 nitrogen and oxygen atoms in total. The van der Waals surface area contributed by atoms with Gasteiger partial charge in [0.25, 0.3) is 0 Å². The van der Waals surface area contributed by atoms with Crippen LogP contribution in [0.2, 0.25) is 0 Å². The van der Waals surface area contributed by atoms with E-state index in [-0.39, 0.29) is 75.4 Å². The smallest absolute Gasteiger partial charge is 0.335 e. The average molecular weight is 697 g/mol. The van der Waals surface area contributed by atoms with E-state index in [0.717, 1.165) is 38.5 Å². The summed E-state index contributed by atoms with van der Waals surface area (Å²) in [5.74, 6) is -2.21. The first-order valence-corrected chi connectivity index (χ1v) is 17.3. The fourth-order valence-corrected chi connectivity index (χ4v) is 4.52. The minimum atomic E-state index is -1.19. The maximum Gasteiger partial charge on any atom is 0.335 e. The SMILES string of the molecule is CCOCCOCCCC(=O)COCCOCCNC(=O)CC[C@H](NC(=O)CCCCCCCCCOc1ccc(C(=O)O)cc1)C(=O)O. The molecule has 49 heavy (non-hydrogen) atoms. The zero-order valence-corrected chi connectivity index (χ0v) is 28.9. The van der Waals surface area contributed by atoms with Crippen LogP contribution in [0.25, 0.3) is 0 Å². The molecule has 1 aromatic carbocycles. The second kappa shape index (κ2) is 29.3. The molecule has 0 spiro atoms. The molecule has 14 heteroatoms. The molecular formula is C35H56N2O12. The number of Topliss-reactive ketones (excluding diaryl/α,β-unsaturated/α-hetero) is 1. The maximum absolute atomic E-state index is 12.3. The van der Waals surface area contributed by atoms with Gasteiger partial charge in [-0.15, -0.1) is 0 Å². The van der Waals surface area contributed by atoms with Crippen LogP contribution in [0.4, 0.5) is 0 Å². The van der Waals surface area contributed by atoms with Crippen molar-refractivity contribution in [2.24, 2.45) is 0 Å². The van der Waals surface area contributed by atoms with E-state index in [9.17, 15) is 29.1 Å². The van der Waals surface area contributed by atoms with E-state index in [1.165, 1.54) is 12.1 Å². The van der Waals surface area contributed by atoms with Crippen LogP contribution in [0.15, 0.2) is 24.3 Å². The Bertz CT molecular complexity index is 1070. The number of amides is 2. The van der Waals surface area contributed by atoms with Crippen LogP contribution >= 0.6 is 0 Å². The number of carbonyl (C=O) groups is 5. The normalized spacial score (nSPS) is 11.5. The van der Waals surface area contributed by atoms with Crippen LogP contribution < -0.4 is 15.4 Å². The van der Waals surface area contributed by atoms with Crippen LogP contribution in [0, 0.1) is 0 Å². The molecule has 0 aliphatic carbocycles. The topological polar surface area (TPSA) is 196 Å². The van der Waals surface area contributed by atoms with Crippen molar-refractivity contribution in [3.8, 4) is 5.75 Å². The standard InChI is InChI=1S/C35H56N2O12/c1-2-45-23-24-46-20-10-11-29(38)27-48-26-25-47-22-19-36-32(39)18-17-31(35(43)44)37-33(40)12-8-6-4-3-5-7-9-21-49-30-15-13-28(14-16-30)34(41)42/h13-16,31H,2-12,17-27H2,1H3,(H,36,39)(H,37,40)(H,41,42)(H,43,44)/t31-/m0/s1. The number of benzene rings is 1. The van der Waals surface area contributed by atoms with Crippen molar-refractivity contribution in [3.05, 3.63) is 29.8 Å². The van der Waals surface area contributed by atoms with Crippen LogP contribution in [0.5, 0.6) is 5.75 Å². The van der Waals surface area contributed by atoms with Crippen LogP contribution in [0.1, 0.15) is 94.3 Å². The van der Waals surface area contributed by atoms with Crippen LogP contribution in [0.3, 0.4) is 0 Å². The third-order valence-corrected chi connectivity index (χ3v) is 7.24. The van der Waals surface area contributed by atoms with Crippen molar-refractivity contribution in [2.45, 2.75) is 90.0 Å². The number of unbranched alkanes of at least 4 members (excludes halogenated alkanes) is 6. The fourth-order valence-electron chi connectivity index (χ4n) is 4.52. The van der Waals surface area contributed by atoms with Gasteiger partial charge in [0.2, 0.25) is 11.8 Å². The second-order valence-corrected chi connectivity index (χ2v) is 11.4. The number of ether oxygens (including phenoxy) is 5. The lowest BCUT2D eigenvalue weighted by molar-refractivity contribution is -0.142. The van der Waals surface area contributed by atoms with Gasteiger partial charge in [0, 0.05) is 39.0 Å². The van der Waals surface area contributed by atoms with E-state index in [1.807, 2.05) is 6.92 Å². The summed E-state index contributed by atoms with van der Waals surface area (Å²) in [5, 5.41) is 23.6. The maximum atomic E-state index is 12.3. The lowest BCUT2D eigenvalue weighted by Gasteiger charge is -2.14. The molecule has 278 valence electrons.